The normalized spacial score (nSPS) is 25.0. The molecule has 0 bridgehead atoms. The van der Waals surface area contributed by atoms with Crippen LogP contribution in [0, 0.1) is 11.8 Å². The fourth-order valence-corrected chi connectivity index (χ4v) is 5.71. The number of nitrogens with zero attached hydrogens (tertiary/aromatic N) is 4. The number of aromatic nitrogens is 2. The van der Waals surface area contributed by atoms with Gasteiger partial charge in [0.05, 0.1) is 6.20 Å². The van der Waals surface area contributed by atoms with Gasteiger partial charge in [-0.3, -0.25) is 4.68 Å². The maximum Gasteiger partial charge on any atom is 0.0524 e. The van der Waals surface area contributed by atoms with Gasteiger partial charge in [-0.05, 0) is 88.0 Å². The van der Waals surface area contributed by atoms with E-state index < -0.39 is 0 Å². The second-order valence-corrected chi connectivity index (χ2v) is 10.2. The van der Waals surface area contributed by atoms with Crippen molar-refractivity contribution in [2.45, 2.75) is 90.1 Å². The predicted octanol–water partition coefficient (Wildman–Crippen LogP) is 4.76. The summed E-state index contributed by atoms with van der Waals surface area (Å²) < 4.78 is 2.19. The molecule has 1 aliphatic carbocycles. The first-order valence-electron chi connectivity index (χ1n) is 12.2. The molecular formula is C24H42N4. The third-order valence-electron chi connectivity index (χ3n) is 7.73. The van der Waals surface area contributed by atoms with E-state index in [1.165, 1.54) is 96.1 Å². The van der Waals surface area contributed by atoms with Gasteiger partial charge in [-0.1, -0.05) is 33.1 Å². The number of piperidine rings is 2. The Balaban J connectivity index is 1.15. The highest BCUT2D eigenvalue weighted by Crippen LogP contribution is 2.28. The fraction of sp³-hybridized carbons (Fsp3) is 0.875. The van der Waals surface area contributed by atoms with Crippen molar-refractivity contribution in [3.8, 4) is 0 Å². The van der Waals surface area contributed by atoms with Crippen LogP contribution in [0.3, 0.4) is 0 Å². The van der Waals surface area contributed by atoms with Gasteiger partial charge in [-0.2, -0.15) is 5.10 Å². The number of hydrogen-bond acceptors (Lipinski definition) is 3. The van der Waals surface area contributed by atoms with E-state index in [1.54, 1.807) is 0 Å². The molecule has 1 aromatic heterocycles. The third-order valence-corrected chi connectivity index (χ3v) is 7.73. The molecule has 0 radical (unpaired) electrons. The van der Waals surface area contributed by atoms with Crippen molar-refractivity contribution in [1.82, 2.24) is 19.6 Å². The first-order chi connectivity index (χ1) is 13.7. The molecule has 0 aromatic carbocycles. The van der Waals surface area contributed by atoms with E-state index in [1.807, 2.05) is 0 Å². The summed E-state index contributed by atoms with van der Waals surface area (Å²) in [5.41, 5.74) is 1.37. The second-order valence-electron chi connectivity index (χ2n) is 10.2. The lowest BCUT2D eigenvalue weighted by Gasteiger charge is -2.41. The molecule has 0 amide bonds. The zero-order valence-electron chi connectivity index (χ0n) is 18.4. The first-order valence-corrected chi connectivity index (χ1v) is 12.2. The summed E-state index contributed by atoms with van der Waals surface area (Å²) in [6.07, 6.45) is 17.2. The molecule has 3 fully saturated rings. The van der Waals surface area contributed by atoms with Crippen LogP contribution in [0.1, 0.15) is 83.1 Å². The maximum absolute atomic E-state index is 4.59. The topological polar surface area (TPSA) is 24.3 Å². The Morgan fingerprint density at radius 2 is 1.50 bits per heavy atom. The van der Waals surface area contributed by atoms with Crippen LogP contribution >= 0.6 is 0 Å². The van der Waals surface area contributed by atoms with Gasteiger partial charge in [0.25, 0.3) is 0 Å². The molecule has 4 rings (SSSR count). The van der Waals surface area contributed by atoms with Crippen LogP contribution in [0.25, 0.3) is 0 Å². The Hall–Kier alpha value is -0.870. The average Bonchev–Trinajstić information content (AvgIpc) is 3.20. The number of likely N-dealkylation sites (tertiary alicyclic amines) is 2. The molecule has 2 saturated heterocycles. The number of hydrogen-bond donors (Lipinski definition) is 0. The molecule has 0 atom stereocenters. The van der Waals surface area contributed by atoms with Gasteiger partial charge in [0.2, 0.25) is 0 Å². The molecule has 1 saturated carbocycles. The second kappa shape index (κ2) is 9.75. The molecule has 1 aromatic rings. The van der Waals surface area contributed by atoms with Crippen molar-refractivity contribution in [3.63, 3.8) is 0 Å². The SMILES string of the molecule is CC(C)c1cnn(CC2CCN(CC3CCN(C4CCCCC4)CC3)CC2)c1. The fourth-order valence-electron chi connectivity index (χ4n) is 5.71. The molecule has 0 N–H and O–H groups in total. The number of rotatable bonds is 6. The van der Waals surface area contributed by atoms with E-state index in [0.717, 1.165) is 24.4 Å². The summed E-state index contributed by atoms with van der Waals surface area (Å²) >= 11 is 0. The minimum absolute atomic E-state index is 0.583. The van der Waals surface area contributed by atoms with Crippen LogP contribution in [-0.4, -0.2) is 58.3 Å². The van der Waals surface area contributed by atoms with Crippen molar-refractivity contribution >= 4 is 0 Å². The highest BCUT2D eigenvalue weighted by molar-refractivity contribution is 5.08. The van der Waals surface area contributed by atoms with E-state index in [-0.39, 0.29) is 0 Å². The summed E-state index contributed by atoms with van der Waals surface area (Å²) in [5, 5.41) is 4.59. The van der Waals surface area contributed by atoms with Crippen LogP contribution in [0.15, 0.2) is 12.4 Å². The summed E-state index contributed by atoms with van der Waals surface area (Å²) in [4.78, 5) is 5.59. The molecule has 4 heteroatoms. The summed E-state index contributed by atoms with van der Waals surface area (Å²) in [7, 11) is 0. The lowest BCUT2D eigenvalue weighted by Crippen LogP contribution is -2.45. The van der Waals surface area contributed by atoms with Crippen molar-refractivity contribution in [3.05, 3.63) is 18.0 Å². The van der Waals surface area contributed by atoms with Gasteiger partial charge in [0, 0.05) is 25.3 Å². The van der Waals surface area contributed by atoms with E-state index >= 15 is 0 Å². The predicted molar refractivity (Wildman–Crippen MR) is 117 cm³/mol. The van der Waals surface area contributed by atoms with Crippen molar-refractivity contribution in [2.24, 2.45) is 11.8 Å². The highest BCUT2D eigenvalue weighted by Gasteiger charge is 2.28. The maximum atomic E-state index is 4.59. The quantitative estimate of drug-likeness (QED) is 0.704. The largest absolute Gasteiger partial charge is 0.303 e. The van der Waals surface area contributed by atoms with E-state index in [4.69, 9.17) is 0 Å². The Morgan fingerprint density at radius 3 is 2.14 bits per heavy atom. The first kappa shape index (κ1) is 20.4. The van der Waals surface area contributed by atoms with Gasteiger partial charge in [-0.25, -0.2) is 0 Å². The van der Waals surface area contributed by atoms with Crippen molar-refractivity contribution < 1.29 is 0 Å². The molecular weight excluding hydrogens is 344 g/mol. The molecule has 28 heavy (non-hydrogen) atoms. The van der Waals surface area contributed by atoms with Gasteiger partial charge < -0.3 is 9.80 Å². The summed E-state index contributed by atoms with van der Waals surface area (Å²) in [5.74, 6) is 2.33. The molecule has 0 unspecified atom stereocenters. The van der Waals surface area contributed by atoms with Crippen molar-refractivity contribution in [2.75, 3.05) is 32.7 Å². The van der Waals surface area contributed by atoms with E-state index in [0.29, 0.717) is 5.92 Å². The van der Waals surface area contributed by atoms with E-state index in [9.17, 15) is 0 Å². The van der Waals surface area contributed by atoms with Gasteiger partial charge in [0.15, 0.2) is 0 Å². The molecule has 3 heterocycles. The average molecular weight is 387 g/mol. The lowest BCUT2D eigenvalue weighted by atomic mass is 9.89. The zero-order chi connectivity index (χ0) is 19.3. The molecule has 2 aliphatic heterocycles. The van der Waals surface area contributed by atoms with Crippen LogP contribution in [-0.2, 0) is 6.54 Å². The third kappa shape index (κ3) is 5.38. The van der Waals surface area contributed by atoms with Crippen LogP contribution in [0.4, 0.5) is 0 Å². The van der Waals surface area contributed by atoms with E-state index in [2.05, 4.69) is 45.8 Å². The zero-order valence-corrected chi connectivity index (χ0v) is 18.4. The standard InChI is InChI=1S/C24H42N4/c1-20(2)23-16-25-28(19-23)18-22-8-12-26(13-9-22)17-21-10-14-27(15-11-21)24-6-4-3-5-7-24/h16,19-22,24H,3-15,17-18H2,1-2H3. The smallest absolute Gasteiger partial charge is 0.0524 e. The minimum Gasteiger partial charge on any atom is -0.303 e. The van der Waals surface area contributed by atoms with Crippen LogP contribution < -0.4 is 0 Å². The van der Waals surface area contributed by atoms with Gasteiger partial charge in [-0.15, -0.1) is 0 Å². The minimum atomic E-state index is 0.583. The monoisotopic (exact) mass is 386 g/mol. The Labute approximate surface area is 172 Å². The van der Waals surface area contributed by atoms with Gasteiger partial charge in [0.1, 0.15) is 0 Å². The van der Waals surface area contributed by atoms with Gasteiger partial charge >= 0.3 is 0 Å². The lowest BCUT2D eigenvalue weighted by molar-refractivity contribution is 0.0805. The molecule has 158 valence electrons. The highest BCUT2D eigenvalue weighted by atomic mass is 15.3. The van der Waals surface area contributed by atoms with Crippen LogP contribution in [0.2, 0.25) is 0 Å². The van der Waals surface area contributed by atoms with Crippen molar-refractivity contribution in [1.29, 1.82) is 0 Å². The molecule has 4 nitrogen and oxygen atoms in total. The Morgan fingerprint density at radius 1 is 0.857 bits per heavy atom. The summed E-state index contributed by atoms with van der Waals surface area (Å²) in [6.45, 7) is 12.3. The Bertz CT molecular complexity index is 573. The van der Waals surface area contributed by atoms with Crippen LogP contribution in [0.5, 0.6) is 0 Å². The molecule has 0 spiro atoms. The Kier molecular flexibility index (Phi) is 7.11. The summed E-state index contributed by atoms with van der Waals surface area (Å²) in [6, 6.07) is 0.920. The molecule has 3 aliphatic rings.